The van der Waals surface area contributed by atoms with Gasteiger partial charge in [0.1, 0.15) is 23.2 Å². The summed E-state index contributed by atoms with van der Waals surface area (Å²) in [5, 5.41) is 12.2. The highest BCUT2D eigenvalue weighted by molar-refractivity contribution is 5.81. The SMILES string of the molecule is N#Cc1cccc(NCC2COC3(COCCN(C(=O)C4CC4)C3)C2)n1. The predicted molar refractivity (Wildman–Crippen MR) is 94.4 cm³/mol. The van der Waals surface area contributed by atoms with Gasteiger partial charge in [-0.25, -0.2) is 4.98 Å². The van der Waals surface area contributed by atoms with Crippen LogP contribution in [0.5, 0.6) is 0 Å². The summed E-state index contributed by atoms with van der Waals surface area (Å²) < 4.78 is 11.9. The third kappa shape index (κ3) is 3.81. The van der Waals surface area contributed by atoms with Gasteiger partial charge in [-0.3, -0.25) is 4.79 Å². The third-order valence-corrected chi connectivity index (χ3v) is 5.31. The average Bonchev–Trinajstić information content (AvgIpc) is 3.46. The van der Waals surface area contributed by atoms with Gasteiger partial charge in [0.25, 0.3) is 0 Å². The number of anilines is 1. The zero-order valence-corrected chi connectivity index (χ0v) is 14.8. The minimum atomic E-state index is -0.394. The predicted octanol–water partition coefficient (Wildman–Crippen LogP) is 1.41. The summed E-state index contributed by atoms with van der Waals surface area (Å²) in [7, 11) is 0. The Bertz CT molecular complexity index is 715. The minimum absolute atomic E-state index is 0.225. The van der Waals surface area contributed by atoms with Crippen LogP contribution in [0.3, 0.4) is 0 Å². The largest absolute Gasteiger partial charge is 0.377 e. The summed E-state index contributed by atoms with van der Waals surface area (Å²) in [6, 6.07) is 7.42. The summed E-state index contributed by atoms with van der Waals surface area (Å²) in [6.07, 6.45) is 2.89. The molecule has 2 aliphatic heterocycles. The maximum absolute atomic E-state index is 12.5. The van der Waals surface area contributed by atoms with Gasteiger partial charge in [-0.15, -0.1) is 0 Å². The number of carbonyl (C=O) groups excluding carboxylic acids is 1. The number of hydrogen-bond acceptors (Lipinski definition) is 6. The van der Waals surface area contributed by atoms with Crippen LogP contribution in [0.15, 0.2) is 18.2 Å². The maximum Gasteiger partial charge on any atom is 0.225 e. The van der Waals surface area contributed by atoms with Crippen LogP contribution in [-0.4, -0.2) is 60.8 Å². The van der Waals surface area contributed by atoms with Gasteiger partial charge in [-0.1, -0.05) is 6.07 Å². The molecule has 7 nitrogen and oxygen atoms in total. The van der Waals surface area contributed by atoms with Crippen molar-refractivity contribution in [1.29, 1.82) is 5.26 Å². The van der Waals surface area contributed by atoms with Crippen molar-refractivity contribution in [2.45, 2.75) is 24.9 Å². The fourth-order valence-electron chi connectivity index (χ4n) is 3.81. The van der Waals surface area contributed by atoms with E-state index in [0.717, 1.165) is 25.8 Å². The molecule has 1 amide bonds. The molecule has 26 heavy (non-hydrogen) atoms. The first-order chi connectivity index (χ1) is 12.7. The van der Waals surface area contributed by atoms with Crippen molar-refractivity contribution >= 4 is 11.7 Å². The Kier molecular flexibility index (Phi) is 4.79. The van der Waals surface area contributed by atoms with Crippen molar-refractivity contribution in [3.05, 3.63) is 23.9 Å². The molecule has 1 aromatic rings. The van der Waals surface area contributed by atoms with E-state index in [-0.39, 0.29) is 11.8 Å². The van der Waals surface area contributed by atoms with Gasteiger partial charge in [0, 0.05) is 24.9 Å². The van der Waals surface area contributed by atoms with E-state index >= 15 is 0 Å². The summed E-state index contributed by atoms with van der Waals surface area (Å²) in [5.41, 5.74) is 0.00975. The maximum atomic E-state index is 12.5. The molecule has 2 unspecified atom stereocenters. The Morgan fingerprint density at radius 3 is 3.15 bits per heavy atom. The molecule has 3 fully saturated rings. The fourth-order valence-corrected chi connectivity index (χ4v) is 3.81. The highest BCUT2D eigenvalue weighted by Crippen LogP contribution is 2.36. The Hall–Kier alpha value is -2.17. The van der Waals surface area contributed by atoms with Crippen molar-refractivity contribution in [1.82, 2.24) is 9.88 Å². The lowest BCUT2D eigenvalue weighted by Gasteiger charge is -2.31. The van der Waals surface area contributed by atoms with Crippen LogP contribution in [0.1, 0.15) is 25.0 Å². The standard InChI is InChI=1S/C19H24N4O3/c20-9-16-2-1-3-17(22-16)21-10-14-8-19(26-11-14)12-23(6-7-25-13-19)18(24)15-4-5-15/h1-3,14-15H,4-8,10-13H2,(H,21,22). The number of ether oxygens (including phenoxy) is 2. The van der Waals surface area contributed by atoms with E-state index in [0.29, 0.717) is 50.3 Å². The number of nitrogens with one attached hydrogen (secondary N) is 1. The highest BCUT2D eigenvalue weighted by atomic mass is 16.5. The van der Waals surface area contributed by atoms with E-state index in [1.165, 1.54) is 0 Å². The van der Waals surface area contributed by atoms with Gasteiger partial charge in [-0.05, 0) is 31.4 Å². The van der Waals surface area contributed by atoms with E-state index in [2.05, 4.69) is 10.3 Å². The number of carbonyl (C=O) groups is 1. The Labute approximate surface area is 153 Å². The Balaban J connectivity index is 1.35. The second-order valence-electron chi connectivity index (χ2n) is 7.55. The zero-order valence-electron chi connectivity index (χ0n) is 14.8. The Morgan fingerprint density at radius 2 is 2.35 bits per heavy atom. The van der Waals surface area contributed by atoms with Crippen LogP contribution >= 0.6 is 0 Å². The summed E-state index contributed by atoms with van der Waals surface area (Å²) in [5.74, 6) is 1.51. The molecule has 1 aliphatic carbocycles. The van der Waals surface area contributed by atoms with Crippen molar-refractivity contribution in [2.24, 2.45) is 11.8 Å². The first-order valence-corrected chi connectivity index (χ1v) is 9.29. The zero-order chi connectivity index (χ0) is 18.0. The van der Waals surface area contributed by atoms with Crippen LogP contribution < -0.4 is 5.32 Å². The number of nitriles is 1. The second-order valence-corrected chi connectivity index (χ2v) is 7.55. The summed E-state index contributed by atoms with van der Waals surface area (Å²) >= 11 is 0. The molecule has 7 heteroatoms. The molecule has 2 saturated heterocycles. The van der Waals surface area contributed by atoms with Gasteiger partial charge in [0.15, 0.2) is 0 Å². The van der Waals surface area contributed by atoms with Crippen LogP contribution in [-0.2, 0) is 14.3 Å². The molecule has 4 rings (SSSR count). The van der Waals surface area contributed by atoms with Gasteiger partial charge in [0.2, 0.25) is 5.91 Å². The van der Waals surface area contributed by atoms with Gasteiger partial charge in [0.05, 0.1) is 26.4 Å². The normalized spacial score (nSPS) is 28.6. The molecule has 1 spiro atoms. The fraction of sp³-hybridized carbons (Fsp3) is 0.632. The van der Waals surface area contributed by atoms with Crippen LogP contribution in [0.2, 0.25) is 0 Å². The minimum Gasteiger partial charge on any atom is -0.377 e. The smallest absolute Gasteiger partial charge is 0.225 e. The van der Waals surface area contributed by atoms with Crippen molar-refractivity contribution in [3.63, 3.8) is 0 Å². The van der Waals surface area contributed by atoms with E-state index in [1.54, 1.807) is 6.07 Å². The molecule has 0 bridgehead atoms. The lowest BCUT2D eigenvalue weighted by molar-refractivity contribution is -0.135. The number of nitrogens with zero attached hydrogens (tertiary/aromatic N) is 3. The topological polar surface area (TPSA) is 87.5 Å². The summed E-state index contributed by atoms with van der Waals surface area (Å²) in [6.45, 7) is 3.77. The molecule has 2 atom stereocenters. The van der Waals surface area contributed by atoms with Crippen LogP contribution in [0.25, 0.3) is 0 Å². The molecule has 3 aliphatic rings. The lowest BCUT2D eigenvalue weighted by atomic mass is 9.94. The van der Waals surface area contributed by atoms with Gasteiger partial charge < -0.3 is 19.7 Å². The Morgan fingerprint density at radius 1 is 1.46 bits per heavy atom. The van der Waals surface area contributed by atoms with Crippen molar-refractivity contribution in [3.8, 4) is 6.07 Å². The van der Waals surface area contributed by atoms with E-state index in [4.69, 9.17) is 14.7 Å². The van der Waals surface area contributed by atoms with Crippen molar-refractivity contribution < 1.29 is 14.3 Å². The number of hydrogen-bond donors (Lipinski definition) is 1. The average molecular weight is 356 g/mol. The van der Waals surface area contributed by atoms with Gasteiger partial charge >= 0.3 is 0 Å². The quantitative estimate of drug-likeness (QED) is 0.878. The molecule has 1 aromatic heterocycles. The van der Waals surface area contributed by atoms with E-state index in [1.807, 2.05) is 23.1 Å². The molecule has 0 aromatic carbocycles. The molecule has 138 valence electrons. The third-order valence-electron chi connectivity index (χ3n) is 5.31. The number of rotatable bonds is 4. The lowest BCUT2D eigenvalue weighted by Crippen LogP contribution is -2.46. The number of amides is 1. The molecular formula is C19H24N4O3. The number of aromatic nitrogens is 1. The van der Waals surface area contributed by atoms with Crippen LogP contribution in [0, 0.1) is 23.2 Å². The summed E-state index contributed by atoms with van der Waals surface area (Å²) in [4.78, 5) is 18.7. The first-order valence-electron chi connectivity index (χ1n) is 9.29. The molecule has 3 heterocycles. The highest BCUT2D eigenvalue weighted by Gasteiger charge is 2.45. The van der Waals surface area contributed by atoms with Gasteiger partial charge in [-0.2, -0.15) is 5.26 Å². The second kappa shape index (κ2) is 7.22. The monoisotopic (exact) mass is 356 g/mol. The van der Waals surface area contributed by atoms with Crippen molar-refractivity contribution in [2.75, 3.05) is 44.8 Å². The first kappa shape index (κ1) is 17.3. The molecule has 1 N–H and O–H groups in total. The van der Waals surface area contributed by atoms with E-state index in [9.17, 15) is 4.79 Å². The molecular weight excluding hydrogens is 332 g/mol. The van der Waals surface area contributed by atoms with E-state index < -0.39 is 5.60 Å². The molecule has 1 saturated carbocycles. The molecule has 0 radical (unpaired) electrons. The number of pyridine rings is 1. The van der Waals surface area contributed by atoms with Crippen LogP contribution in [0.4, 0.5) is 5.82 Å².